The molecule has 1 fully saturated rings. The molecule has 1 saturated heterocycles. The molecule has 2 aliphatic heterocycles. The largest absolute Gasteiger partial charge is 0.508 e. The maximum absolute atomic E-state index is 9.67. The van der Waals surface area contributed by atoms with Crippen LogP contribution in [0.1, 0.15) is 29.8 Å². The predicted molar refractivity (Wildman–Crippen MR) is 110 cm³/mol. The number of ether oxygens (including phenoxy) is 1. The van der Waals surface area contributed by atoms with Crippen molar-refractivity contribution in [3.05, 3.63) is 53.5 Å². The van der Waals surface area contributed by atoms with Gasteiger partial charge in [0.05, 0.1) is 18.5 Å². The number of aromatic nitrogens is 4. The summed E-state index contributed by atoms with van der Waals surface area (Å²) in [5.41, 5.74) is 3.81. The molecule has 0 saturated carbocycles. The number of piperidine rings is 1. The summed E-state index contributed by atoms with van der Waals surface area (Å²) in [6, 6.07) is 8.95. The minimum absolute atomic E-state index is 0.204. The smallest absolute Gasteiger partial charge is 0.229 e. The number of fused-ring (bicyclic) bond motifs is 2. The van der Waals surface area contributed by atoms with Crippen LogP contribution in [-0.4, -0.2) is 45.0 Å². The number of hydrogen-bond acceptors (Lipinski definition) is 7. The second-order valence-corrected chi connectivity index (χ2v) is 7.72. The lowest BCUT2D eigenvalue weighted by atomic mass is 9.84. The monoisotopic (exact) mass is 392 g/mol. The van der Waals surface area contributed by atoms with Crippen LogP contribution in [0, 0.1) is 6.92 Å². The van der Waals surface area contributed by atoms with E-state index in [9.17, 15) is 5.11 Å². The van der Waals surface area contributed by atoms with Crippen molar-refractivity contribution < 1.29 is 9.84 Å². The molecule has 0 aliphatic carbocycles. The number of hydrogen-bond donors (Lipinski definition) is 3. The van der Waals surface area contributed by atoms with Crippen molar-refractivity contribution in [3.8, 4) is 5.75 Å². The SMILES string of the molecule is Cc1cc(N2CCC3(CC2)OCCc2cn[nH]c23)nc(Nc2cccc(O)c2)n1. The lowest BCUT2D eigenvalue weighted by Crippen LogP contribution is -2.47. The van der Waals surface area contributed by atoms with E-state index < -0.39 is 0 Å². The minimum Gasteiger partial charge on any atom is -0.508 e. The molecule has 150 valence electrons. The maximum Gasteiger partial charge on any atom is 0.229 e. The normalized spacial score (nSPS) is 17.9. The fraction of sp³-hybridized carbons (Fsp3) is 0.381. The van der Waals surface area contributed by atoms with Crippen LogP contribution in [0.3, 0.4) is 0 Å². The minimum atomic E-state index is -0.259. The molecule has 8 heteroatoms. The van der Waals surface area contributed by atoms with Gasteiger partial charge in [0, 0.05) is 36.6 Å². The molecule has 1 aromatic carbocycles. The van der Waals surface area contributed by atoms with Gasteiger partial charge in [-0.15, -0.1) is 0 Å². The van der Waals surface area contributed by atoms with E-state index in [1.54, 1.807) is 18.2 Å². The zero-order valence-electron chi connectivity index (χ0n) is 16.4. The molecule has 2 aliphatic rings. The van der Waals surface area contributed by atoms with E-state index in [0.717, 1.165) is 61.9 Å². The Morgan fingerprint density at radius 1 is 1.21 bits per heavy atom. The van der Waals surface area contributed by atoms with E-state index in [1.807, 2.05) is 25.3 Å². The molecular weight excluding hydrogens is 368 g/mol. The van der Waals surface area contributed by atoms with Gasteiger partial charge in [-0.05, 0) is 43.9 Å². The first-order valence-electron chi connectivity index (χ1n) is 9.95. The maximum atomic E-state index is 9.67. The van der Waals surface area contributed by atoms with E-state index in [2.05, 4.69) is 25.4 Å². The van der Waals surface area contributed by atoms with Crippen LogP contribution in [0.25, 0.3) is 0 Å². The van der Waals surface area contributed by atoms with Crippen LogP contribution in [0.15, 0.2) is 36.5 Å². The third-order valence-corrected chi connectivity index (χ3v) is 5.76. The molecule has 0 unspecified atom stereocenters. The van der Waals surface area contributed by atoms with Crippen LogP contribution in [0.2, 0.25) is 0 Å². The lowest BCUT2D eigenvalue weighted by Gasteiger charge is -2.43. The van der Waals surface area contributed by atoms with Crippen molar-refractivity contribution in [1.29, 1.82) is 0 Å². The molecule has 5 rings (SSSR count). The third-order valence-electron chi connectivity index (χ3n) is 5.76. The third kappa shape index (κ3) is 3.40. The molecule has 4 heterocycles. The zero-order valence-corrected chi connectivity index (χ0v) is 16.4. The Hall–Kier alpha value is -3.13. The Labute approximate surface area is 169 Å². The first-order valence-corrected chi connectivity index (χ1v) is 9.95. The Morgan fingerprint density at radius 2 is 2.07 bits per heavy atom. The average molecular weight is 392 g/mol. The van der Waals surface area contributed by atoms with Crippen LogP contribution >= 0.6 is 0 Å². The van der Waals surface area contributed by atoms with Gasteiger partial charge in [-0.3, -0.25) is 5.10 Å². The number of phenols is 1. The topological polar surface area (TPSA) is 99.2 Å². The van der Waals surface area contributed by atoms with Crippen LogP contribution in [0.4, 0.5) is 17.5 Å². The average Bonchev–Trinajstić information content (AvgIpc) is 3.19. The number of anilines is 3. The fourth-order valence-electron chi connectivity index (χ4n) is 4.30. The zero-order chi connectivity index (χ0) is 19.8. The molecular formula is C21H24N6O2. The first-order chi connectivity index (χ1) is 14.1. The highest BCUT2D eigenvalue weighted by Gasteiger charge is 2.42. The van der Waals surface area contributed by atoms with Gasteiger partial charge < -0.3 is 20.1 Å². The summed E-state index contributed by atoms with van der Waals surface area (Å²) < 4.78 is 6.25. The second kappa shape index (κ2) is 7.04. The van der Waals surface area contributed by atoms with Gasteiger partial charge in [-0.25, -0.2) is 4.98 Å². The number of aryl methyl sites for hydroxylation is 1. The molecule has 3 aromatic rings. The molecule has 2 aromatic heterocycles. The molecule has 29 heavy (non-hydrogen) atoms. The summed E-state index contributed by atoms with van der Waals surface area (Å²) in [4.78, 5) is 11.5. The molecule has 1 spiro atoms. The second-order valence-electron chi connectivity index (χ2n) is 7.72. The van der Waals surface area contributed by atoms with Crippen LogP contribution < -0.4 is 10.2 Å². The molecule has 0 radical (unpaired) electrons. The number of benzene rings is 1. The van der Waals surface area contributed by atoms with Crippen molar-refractivity contribution in [2.45, 2.75) is 31.8 Å². The number of H-pyrrole nitrogens is 1. The van der Waals surface area contributed by atoms with E-state index in [4.69, 9.17) is 9.72 Å². The molecule has 0 atom stereocenters. The van der Waals surface area contributed by atoms with Gasteiger partial charge in [0.25, 0.3) is 0 Å². The van der Waals surface area contributed by atoms with Gasteiger partial charge in [-0.2, -0.15) is 10.1 Å². The summed E-state index contributed by atoms with van der Waals surface area (Å²) in [7, 11) is 0. The van der Waals surface area contributed by atoms with Gasteiger partial charge >= 0.3 is 0 Å². The lowest BCUT2D eigenvalue weighted by molar-refractivity contribution is -0.0796. The first kappa shape index (κ1) is 17.9. The Bertz CT molecular complexity index is 1030. The number of nitrogens with one attached hydrogen (secondary N) is 2. The van der Waals surface area contributed by atoms with Gasteiger partial charge in [0.2, 0.25) is 5.95 Å². The number of rotatable bonds is 3. The van der Waals surface area contributed by atoms with Crippen LogP contribution in [0.5, 0.6) is 5.75 Å². The van der Waals surface area contributed by atoms with Crippen LogP contribution in [-0.2, 0) is 16.8 Å². The highest BCUT2D eigenvalue weighted by molar-refractivity contribution is 5.57. The van der Waals surface area contributed by atoms with Gasteiger partial charge in [0.15, 0.2) is 0 Å². The number of aromatic hydroxyl groups is 1. The van der Waals surface area contributed by atoms with Gasteiger partial charge in [-0.1, -0.05) is 6.07 Å². The van der Waals surface area contributed by atoms with Crippen molar-refractivity contribution in [3.63, 3.8) is 0 Å². The highest BCUT2D eigenvalue weighted by Crippen LogP contribution is 2.41. The van der Waals surface area contributed by atoms with Crippen molar-refractivity contribution in [2.75, 3.05) is 29.9 Å². The summed E-state index contributed by atoms with van der Waals surface area (Å²) in [5, 5.41) is 20.3. The summed E-state index contributed by atoms with van der Waals surface area (Å²) in [6.07, 6.45) is 4.63. The Morgan fingerprint density at radius 3 is 2.90 bits per heavy atom. The summed E-state index contributed by atoms with van der Waals surface area (Å²) in [5.74, 6) is 1.63. The molecule has 3 N–H and O–H groups in total. The predicted octanol–water partition coefficient (Wildman–Crippen LogP) is 3.03. The Kier molecular flexibility index (Phi) is 4.35. The summed E-state index contributed by atoms with van der Waals surface area (Å²) in [6.45, 7) is 4.41. The molecule has 0 bridgehead atoms. The van der Waals surface area contributed by atoms with Crippen molar-refractivity contribution >= 4 is 17.5 Å². The molecule has 0 amide bonds. The van der Waals surface area contributed by atoms with E-state index in [1.165, 1.54) is 5.56 Å². The molecule has 8 nitrogen and oxygen atoms in total. The number of nitrogens with zero attached hydrogens (tertiary/aromatic N) is 4. The van der Waals surface area contributed by atoms with E-state index in [0.29, 0.717) is 5.95 Å². The van der Waals surface area contributed by atoms with E-state index in [-0.39, 0.29) is 11.4 Å². The Balaban J connectivity index is 1.34. The van der Waals surface area contributed by atoms with E-state index >= 15 is 0 Å². The van der Waals surface area contributed by atoms with Crippen molar-refractivity contribution in [1.82, 2.24) is 20.2 Å². The number of aromatic amines is 1. The standard InChI is InChI=1S/C21H24N6O2/c1-14-11-18(25-20(23-14)24-16-3-2-4-17(28)12-16)27-8-6-21(7-9-27)19-15(5-10-29-21)13-22-26-19/h2-4,11-13,28H,5-10H2,1H3,(H,22,26)(H,23,24,25). The highest BCUT2D eigenvalue weighted by atomic mass is 16.5. The number of phenolic OH excluding ortho intramolecular Hbond substituents is 1. The fourth-order valence-corrected chi connectivity index (χ4v) is 4.30. The quantitative estimate of drug-likeness (QED) is 0.630. The van der Waals surface area contributed by atoms with Crippen molar-refractivity contribution in [2.24, 2.45) is 0 Å². The van der Waals surface area contributed by atoms with Gasteiger partial charge in [0.1, 0.15) is 17.2 Å². The summed E-state index contributed by atoms with van der Waals surface area (Å²) >= 11 is 0.